The van der Waals surface area contributed by atoms with Gasteiger partial charge in [0.2, 0.25) is 5.91 Å². The molecule has 1 aliphatic carbocycles. The van der Waals surface area contributed by atoms with Crippen molar-refractivity contribution < 1.29 is 14.4 Å². The Labute approximate surface area is 165 Å². The molecule has 4 rings (SSSR count). The fraction of sp³-hybridized carbons (Fsp3) is 0.571. The molecular formula is C21H28N4O3. The van der Waals surface area contributed by atoms with Gasteiger partial charge in [0.1, 0.15) is 12.1 Å². The number of hydrogen-bond acceptors (Lipinski definition) is 4. The van der Waals surface area contributed by atoms with Gasteiger partial charge >= 0.3 is 6.03 Å². The molecule has 2 heterocycles. The van der Waals surface area contributed by atoms with Crippen LogP contribution < -0.4 is 10.6 Å². The van der Waals surface area contributed by atoms with Crippen LogP contribution in [0.2, 0.25) is 0 Å². The first kappa shape index (κ1) is 18.9. The van der Waals surface area contributed by atoms with E-state index in [1.54, 1.807) is 0 Å². The fourth-order valence-corrected chi connectivity index (χ4v) is 4.67. The van der Waals surface area contributed by atoms with Crippen LogP contribution in [0.15, 0.2) is 30.3 Å². The molecule has 0 bridgehead atoms. The Bertz CT molecular complexity index is 745. The zero-order valence-corrected chi connectivity index (χ0v) is 16.2. The molecular weight excluding hydrogens is 356 g/mol. The average molecular weight is 384 g/mol. The minimum atomic E-state index is -0.768. The molecule has 2 aliphatic heterocycles. The Morgan fingerprint density at radius 3 is 2.64 bits per heavy atom. The van der Waals surface area contributed by atoms with Crippen molar-refractivity contribution in [2.24, 2.45) is 0 Å². The topological polar surface area (TPSA) is 81.8 Å². The summed E-state index contributed by atoms with van der Waals surface area (Å²) in [6.45, 7) is 2.38. The Balaban J connectivity index is 1.28. The molecule has 1 aromatic rings. The van der Waals surface area contributed by atoms with Crippen molar-refractivity contribution in [1.29, 1.82) is 0 Å². The molecule has 7 nitrogen and oxygen atoms in total. The standard InChI is InChI=1S/C21H28N4O3/c26-18(15-25-19(27)21(23-20(25)28)10-5-2-6-11-21)22-17-9-12-24(14-17)13-16-7-3-1-4-8-16/h1,3-4,7-8,17H,2,5-6,9-15H2,(H,22,26)(H,23,28). The van der Waals surface area contributed by atoms with E-state index in [9.17, 15) is 14.4 Å². The van der Waals surface area contributed by atoms with Crippen LogP contribution in [-0.2, 0) is 16.1 Å². The van der Waals surface area contributed by atoms with Gasteiger partial charge in [-0.3, -0.25) is 19.4 Å². The van der Waals surface area contributed by atoms with Crippen molar-refractivity contribution in [3.8, 4) is 0 Å². The van der Waals surface area contributed by atoms with Crippen LogP contribution in [0.5, 0.6) is 0 Å². The fourth-order valence-electron chi connectivity index (χ4n) is 4.67. The second kappa shape index (κ2) is 7.91. The Morgan fingerprint density at radius 1 is 1.14 bits per heavy atom. The van der Waals surface area contributed by atoms with Crippen LogP contribution in [0.4, 0.5) is 4.79 Å². The van der Waals surface area contributed by atoms with Gasteiger partial charge in [0, 0.05) is 25.7 Å². The summed E-state index contributed by atoms with van der Waals surface area (Å²) in [4.78, 5) is 41.0. The first-order valence-electron chi connectivity index (χ1n) is 10.3. The van der Waals surface area contributed by atoms with E-state index in [1.165, 1.54) is 5.56 Å². The number of likely N-dealkylation sites (tertiary alicyclic amines) is 1. The molecule has 3 aliphatic rings. The summed E-state index contributed by atoms with van der Waals surface area (Å²) in [5.74, 6) is -0.493. The predicted octanol–water partition coefficient (Wildman–Crippen LogP) is 1.63. The predicted molar refractivity (Wildman–Crippen MR) is 104 cm³/mol. The van der Waals surface area contributed by atoms with Gasteiger partial charge < -0.3 is 10.6 Å². The molecule has 0 aromatic heterocycles. The highest BCUT2D eigenvalue weighted by Crippen LogP contribution is 2.33. The number of benzene rings is 1. The molecule has 1 atom stereocenters. The highest BCUT2D eigenvalue weighted by atomic mass is 16.2. The van der Waals surface area contributed by atoms with Gasteiger partial charge in [0.05, 0.1) is 0 Å². The van der Waals surface area contributed by atoms with Gasteiger partial charge in [-0.15, -0.1) is 0 Å². The van der Waals surface area contributed by atoms with Gasteiger partial charge in [-0.1, -0.05) is 49.6 Å². The minimum absolute atomic E-state index is 0.0561. The lowest BCUT2D eigenvalue weighted by molar-refractivity contribution is -0.136. The van der Waals surface area contributed by atoms with E-state index in [1.807, 2.05) is 18.2 Å². The summed E-state index contributed by atoms with van der Waals surface area (Å²) in [6, 6.07) is 9.89. The molecule has 1 saturated carbocycles. The summed E-state index contributed by atoms with van der Waals surface area (Å²) < 4.78 is 0. The lowest BCUT2D eigenvalue weighted by Gasteiger charge is -2.30. The number of carbonyl (C=O) groups excluding carboxylic acids is 3. The van der Waals surface area contributed by atoms with Gasteiger partial charge in [-0.25, -0.2) is 4.79 Å². The van der Waals surface area contributed by atoms with Crippen LogP contribution in [0.3, 0.4) is 0 Å². The summed E-state index contributed by atoms with van der Waals surface area (Å²) in [5.41, 5.74) is 0.488. The van der Waals surface area contributed by atoms with Crippen molar-refractivity contribution in [2.45, 2.75) is 56.7 Å². The third kappa shape index (κ3) is 3.90. The zero-order valence-electron chi connectivity index (χ0n) is 16.2. The first-order valence-corrected chi connectivity index (χ1v) is 10.3. The maximum absolute atomic E-state index is 12.8. The molecule has 1 unspecified atom stereocenters. The molecule has 7 heteroatoms. The molecule has 3 fully saturated rings. The highest BCUT2D eigenvalue weighted by molar-refractivity contribution is 6.09. The maximum atomic E-state index is 12.8. The number of rotatable bonds is 5. The summed E-state index contributed by atoms with van der Waals surface area (Å²) in [6.07, 6.45) is 5.19. The SMILES string of the molecule is O=C(CN1C(=O)NC2(CCCCC2)C1=O)NC1CCN(Cc2ccccc2)C1. The number of nitrogens with one attached hydrogen (secondary N) is 2. The van der Waals surface area contributed by atoms with E-state index >= 15 is 0 Å². The number of carbonyl (C=O) groups is 3. The lowest BCUT2D eigenvalue weighted by Crippen LogP contribution is -2.49. The number of urea groups is 1. The van der Waals surface area contributed by atoms with E-state index in [4.69, 9.17) is 0 Å². The second-order valence-corrected chi connectivity index (χ2v) is 8.24. The third-order valence-electron chi connectivity index (χ3n) is 6.14. The van der Waals surface area contributed by atoms with Gasteiger partial charge in [0.25, 0.3) is 5.91 Å². The normalized spacial score (nSPS) is 24.6. The number of hydrogen-bond donors (Lipinski definition) is 2. The van der Waals surface area contributed by atoms with Crippen LogP contribution in [-0.4, -0.2) is 58.9 Å². The van der Waals surface area contributed by atoms with Crippen molar-refractivity contribution >= 4 is 17.8 Å². The quantitative estimate of drug-likeness (QED) is 0.756. The largest absolute Gasteiger partial charge is 0.350 e. The molecule has 150 valence electrons. The molecule has 1 aromatic carbocycles. The van der Waals surface area contributed by atoms with Crippen LogP contribution in [0.25, 0.3) is 0 Å². The first-order chi connectivity index (χ1) is 13.6. The monoisotopic (exact) mass is 384 g/mol. The summed E-state index contributed by atoms with van der Waals surface area (Å²) in [5, 5.41) is 5.85. The second-order valence-electron chi connectivity index (χ2n) is 8.24. The molecule has 1 spiro atoms. The van der Waals surface area contributed by atoms with E-state index in [0.29, 0.717) is 12.8 Å². The van der Waals surface area contributed by atoms with Crippen LogP contribution >= 0.6 is 0 Å². The lowest BCUT2D eigenvalue weighted by atomic mass is 9.82. The number of amides is 4. The van der Waals surface area contributed by atoms with Crippen molar-refractivity contribution in [3.63, 3.8) is 0 Å². The Kier molecular flexibility index (Phi) is 5.35. The van der Waals surface area contributed by atoms with Crippen molar-refractivity contribution in [3.05, 3.63) is 35.9 Å². The molecule has 0 radical (unpaired) electrons. The average Bonchev–Trinajstić information content (AvgIpc) is 3.21. The zero-order chi connectivity index (χ0) is 19.6. The molecule has 2 saturated heterocycles. The summed E-state index contributed by atoms with van der Waals surface area (Å²) in [7, 11) is 0. The van der Waals surface area contributed by atoms with E-state index in [-0.39, 0.29) is 24.4 Å². The van der Waals surface area contributed by atoms with Gasteiger partial charge in [0.15, 0.2) is 0 Å². The highest BCUT2D eigenvalue weighted by Gasteiger charge is 2.51. The molecule has 4 amide bonds. The molecule has 2 N–H and O–H groups in total. The van der Waals surface area contributed by atoms with Crippen LogP contribution in [0.1, 0.15) is 44.1 Å². The van der Waals surface area contributed by atoms with Crippen LogP contribution in [0, 0.1) is 0 Å². The molecule has 28 heavy (non-hydrogen) atoms. The van der Waals surface area contributed by atoms with Crippen molar-refractivity contribution in [1.82, 2.24) is 20.4 Å². The maximum Gasteiger partial charge on any atom is 0.325 e. The van der Waals surface area contributed by atoms with E-state index in [2.05, 4.69) is 27.7 Å². The van der Waals surface area contributed by atoms with E-state index < -0.39 is 11.6 Å². The van der Waals surface area contributed by atoms with Gasteiger partial charge in [-0.05, 0) is 24.8 Å². The number of imide groups is 1. The number of nitrogens with zero attached hydrogens (tertiary/aromatic N) is 2. The van der Waals surface area contributed by atoms with E-state index in [0.717, 1.165) is 50.2 Å². The Morgan fingerprint density at radius 2 is 1.89 bits per heavy atom. The van der Waals surface area contributed by atoms with Gasteiger partial charge in [-0.2, -0.15) is 0 Å². The minimum Gasteiger partial charge on any atom is -0.350 e. The Hall–Kier alpha value is -2.41. The third-order valence-corrected chi connectivity index (χ3v) is 6.14. The summed E-state index contributed by atoms with van der Waals surface area (Å²) >= 11 is 0. The smallest absolute Gasteiger partial charge is 0.325 e. The van der Waals surface area contributed by atoms with Crippen molar-refractivity contribution in [2.75, 3.05) is 19.6 Å².